The molecule has 1 aliphatic carbocycles. The van der Waals surface area contributed by atoms with E-state index >= 15 is 0 Å². The van der Waals surface area contributed by atoms with Crippen LogP contribution in [0.3, 0.4) is 0 Å². The van der Waals surface area contributed by atoms with Gasteiger partial charge in [-0.15, -0.1) is 5.10 Å². The molecule has 1 aromatic rings. The quantitative estimate of drug-likeness (QED) is 0.753. The molecule has 0 unspecified atom stereocenters. The summed E-state index contributed by atoms with van der Waals surface area (Å²) in [5.41, 5.74) is 6.33. The first-order chi connectivity index (χ1) is 7.29. The molecule has 0 bridgehead atoms. The second-order valence-electron chi connectivity index (χ2n) is 4.24. The molecule has 0 aromatic carbocycles. The summed E-state index contributed by atoms with van der Waals surface area (Å²) in [6, 6.07) is 0.794. The van der Waals surface area contributed by atoms with Crippen molar-refractivity contribution >= 4 is 0 Å². The molecular weight excluding hydrogens is 190 g/mol. The Morgan fingerprint density at radius 2 is 2.40 bits per heavy atom. The van der Waals surface area contributed by atoms with Gasteiger partial charge in [0.25, 0.3) is 0 Å². The van der Waals surface area contributed by atoms with Gasteiger partial charge in [-0.1, -0.05) is 11.6 Å². The summed E-state index contributed by atoms with van der Waals surface area (Å²) in [6.45, 7) is 2.41. The van der Waals surface area contributed by atoms with Crippen molar-refractivity contribution in [3.8, 4) is 0 Å². The zero-order chi connectivity index (χ0) is 10.7. The van der Waals surface area contributed by atoms with Crippen LogP contribution in [0.5, 0.6) is 0 Å². The average molecular weight is 209 g/mol. The van der Waals surface area contributed by atoms with Crippen LogP contribution in [0.2, 0.25) is 0 Å². The van der Waals surface area contributed by atoms with Gasteiger partial charge < -0.3 is 10.6 Å². The summed E-state index contributed by atoms with van der Waals surface area (Å²) in [6.07, 6.45) is 6.01. The maximum absolute atomic E-state index is 5.47. The van der Waals surface area contributed by atoms with Gasteiger partial charge in [-0.3, -0.25) is 4.68 Å². The summed E-state index contributed by atoms with van der Waals surface area (Å²) in [7, 11) is 2.19. The molecule has 1 fully saturated rings. The SMILES string of the molecule is CN(CCn1cc(CN)nn1)C1CCC1. The van der Waals surface area contributed by atoms with Gasteiger partial charge in [0, 0.05) is 25.3 Å². The molecule has 15 heavy (non-hydrogen) atoms. The van der Waals surface area contributed by atoms with E-state index in [2.05, 4.69) is 22.3 Å². The predicted octanol–water partition coefficient (Wildman–Crippen LogP) is 0.221. The van der Waals surface area contributed by atoms with Gasteiger partial charge in [-0.2, -0.15) is 0 Å². The highest BCUT2D eigenvalue weighted by molar-refractivity contribution is 4.90. The molecule has 0 spiro atoms. The van der Waals surface area contributed by atoms with Gasteiger partial charge in [0.1, 0.15) is 0 Å². The average Bonchev–Trinajstić information content (AvgIpc) is 2.59. The van der Waals surface area contributed by atoms with Crippen LogP contribution in [0.15, 0.2) is 6.20 Å². The van der Waals surface area contributed by atoms with Crippen LogP contribution < -0.4 is 5.73 Å². The first-order valence-electron chi connectivity index (χ1n) is 5.59. The van der Waals surface area contributed by atoms with E-state index in [1.165, 1.54) is 19.3 Å². The zero-order valence-electron chi connectivity index (χ0n) is 9.26. The molecule has 0 aliphatic heterocycles. The molecule has 1 aromatic heterocycles. The van der Waals surface area contributed by atoms with Crippen LogP contribution >= 0.6 is 0 Å². The van der Waals surface area contributed by atoms with Crippen molar-refractivity contribution < 1.29 is 0 Å². The van der Waals surface area contributed by atoms with Crippen molar-refractivity contribution in [1.82, 2.24) is 19.9 Å². The molecule has 0 saturated heterocycles. The normalized spacial score (nSPS) is 17.0. The molecular formula is C10H19N5. The molecule has 1 saturated carbocycles. The van der Waals surface area contributed by atoms with Crippen molar-refractivity contribution in [2.45, 2.75) is 38.4 Å². The lowest BCUT2D eigenvalue weighted by molar-refractivity contribution is 0.153. The minimum atomic E-state index is 0.471. The molecule has 1 aliphatic rings. The van der Waals surface area contributed by atoms with Gasteiger partial charge >= 0.3 is 0 Å². The Kier molecular flexibility index (Phi) is 3.33. The molecule has 0 amide bonds. The first-order valence-corrected chi connectivity index (χ1v) is 5.59. The van der Waals surface area contributed by atoms with Crippen molar-refractivity contribution in [2.24, 2.45) is 5.73 Å². The second kappa shape index (κ2) is 4.72. The van der Waals surface area contributed by atoms with Crippen LogP contribution in [0.25, 0.3) is 0 Å². The summed E-state index contributed by atoms with van der Waals surface area (Å²) in [5, 5.41) is 7.98. The monoisotopic (exact) mass is 209 g/mol. The molecule has 0 radical (unpaired) electrons. The van der Waals surface area contributed by atoms with Crippen LogP contribution in [-0.4, -0.2) is 39.5 Å². The minimum absolute atomic E-state index is 0.471. The maximum atomic E-state index is 5.47. The highest BCUT2D eigenvalue weighted by Crippen LogP contribution is 2.23. The predicted molar refractivity (Wildman–Crippen MR) is 58.2 cm³/mol. The Balaban J connectivity index is 1.76. The molecule has 84 valence electrons. The van der Waals surface area contributed by atoms with Crippen LogP contribution in [0, 0.1) is 0 Å². The van der Waals surface area contributed by atoms with E-state index in [0.717, 1.165) is 24.8 Å². The third-order valence-electron chi connectivity index (χ3n) is 3.18. The fourth-order valence-corrected chi connectivity index (χ4v) is 1.81. The van der Waals surface area contributed by atoms with Gasteiger partial charge in [0.15, 0.2) is 0 Å². The topological polar surface area (TPSA) is 60.0 Å². The van der Waals surface area contributed by atoms with E-state index in [1.54, 1.807) is 0 Å². The smallest absolute Gasteiger partial charge is 0.0962 e. The molecule has 2 N–H and O–H groups in total. The van der Waals surface area contributed by atoms with Crippen molar-refractivity contribution in [2.75, 3.05) is 13.6 Å². The number of aromatic nitrogens is 3. The van der Waals surface area contributed by atoms with Gasteiger partial charge in [0.2, 0.25) is 0 Å². The van der Waals surface area contributed by atoms with E-state index in [-0.39, 0.29) is 0 Å². The lowest BCUT2D eigenvalue weighted by atomic mass is 9.92. The lowest BCUT2D eigenvalue weighted by Crippen LogP contribution is -2.38. The summed E-state index contributed by atoms with van der Waals surface area (Å²) in [5.74, 6) is 0. The van der Waals surface area contributed by atoms with E-state index in [4.69, 9.17) is 5.73 Å². The number of nitrogens with two attached hydrogens (primary N) is 1. The highest BCUT2D eigenvalue weighted by atomic mass is 15.4. The van der Waals surface area contributed by atoms with Crippen molar-refractivity contribution in [1.29, 1.82) is 0 Å². The molecule has 5 nitrogen and oxygen atoms in total. The van der Waals surface area contributed by atoms with Crippen LogP contribution in [-0.2, 0) is 13.1 Å². The fourth-order valence-electron chi connectivity index (χ4n) is 1.81. The third kappa shape index (κ3) is 2.54. The lowest BCUT2D eigenvalue weighted by Gasteiger charge is -2.34. The molecule has 1 heterocycles. The number of hydrogen-bond acceptors (Lipinski definition) is 4. The number of hydrogen-bond donors (Lipinski definition) is 1. The Hall–Kier alpha value is -0.940. The number of likely N-dealkylation sites (N-methyl/N-ethyl adjacent to an activating group) is 1. The van der Waals surface area contributed by atoms with Gasteiger partial charge in [-0.05, 0) is 19.9 Å². The van der Waals surface area contributed by atoms with Crippen LogP contribution in [0.1, 0.15) is 25.0 Å². The first kappa shape index (κ1) is 10.6. The number of rotatable bonds is 5. The Bertz CT molecular complexity index is 305. The maximum Gasteiger partial charge on any atom is 0.0962 e. The Labute approximate surface area is 90.2 Å². The standard InChI is InChI=1S/C10H19N5/c1-14(10-3-2-4-10)5-6-15-8-9(7-11)12-13-15/h8,10H,2-7,11H2,1H3. The molecule has 5 heteroatoms. The molecule has 2 rings (SSSR count). The fraction of sp³-hybridized carbons (Fsp3) is 0.800. The molecule has 0 atom stereocenters. The summed E-state index contributed by atoms with van der Waals surface area (Å²) < 4.78 is 1.87. The van der Waals surface area contributed by atoms with Crippen LogP contribution in [0.4, 0.5) is 0 Å². The van der Waals surface area contributed by atoms with E-state index in [9.17, 15) is 0 Å². The summed E-state index contributed by atoms with van der Waals surface area (Å²) >= 11 is 0. The summed E-state index contributed by atoms with van der Waals surface area (Å²) in [4.78, 5) is 2.41. The zero-order valence-corrected chi connectivity index (χ0v) is 9.26. The van der Waals surface area contributed by atoms with Crippen molar-refractivity contribution in [3.63, 3.8) is 0 Å². The van der Waals surface area contributed by atoms with Crippen molar-refractivity contribution in [3.05, 3.63) is 11.9 Å². The highest BCUT2D eigenvalue weighted by Gasteiger charge is 2.21. The minimum Gasteiger partial charge on any atom is -0.325 e. The largest absolute Gasteiger partial charge is 0.325 e. The van der Waals surface area contributed by atoms with E-state index < -0.39 is 0 Å². The van der Waals surface area contributed by atoms with E-state index in [1.807, 2.05) is 10.9 Å². The Morgan fingerprint density at radius 1 is 1.60 bits per heavy atom. The van der Waals surface area contributed by atoms with Gasteiger partial charge in [0.05, 0.1) is 12.2 Å². The number of nitrogens with zero attached hydrogens (tertiary/aromatic N) is 4. The van der Waals surface area contributed by atoms with Gasteiger partial charge in [-0.25, -0.2) is 0 Å². The third-order valence-corrected chi connectivity index (χ3v) is 3.18. The van der Waals surface area contributed by atoms with E-state index in [0.29, 0.717) is 6.54 Å². The Morgan fingerprint density at radius 3 is 2.93 bits per heavy atom. The second-order valence-corrected chi connectivity index (χ2v) is 4.24.